The van der Waals surface area contributed by atoms with Gasteiger partial charge in [0.2, 0.25) is 11.8 Å². The Labute approximate surface area is 203 Å². The highest BCUT2D eigenvalue weighted by Crippen LogP contribution is 2.44. The van der Waals surface area contributed by atoms with Crippen LogP contribution in [0.15, 0.2) is 55.1 Å². The normalized spacial score (nSPS) is 18.8. The van der Waals surface area contributed by atoms with Crippen LogP contribution in [0.4, 0.5) is 11.4 Å². The van der Waals surface area contributed by atoms with E-state index in [-0.39, 0.29) is 23.7 Å². The number of rotatable bonds is 4. The first-order valence-corrected chi connectivity index (χ1v) is 11.5. The predicted molar refractivity (Wildman–Crippen MR) is 130 cm³/mol. The van der Waals surface area contributed by atoms with Crippen molar-refractivity contribution in [1.82, 2.24) is 9.55 Å². The summed E-state index contributed by atoms with van der Waals surface area (Å²) >= 11 is 6.64. The van der Waals surface area contributed by atoms with Crippen molar-refractivity contribution in [3.63, 3.8) is 0 Å². The molecule has 172 valence electrons. The van der Waals surface area contributed by atoms with Gasteiger partial charge >= 0.3 is 0 Å². The molecular weight excluding hydrogens is 450 g/mol. The Hall–Kier alpha value is -3.63. The SMILES string of the molecule is CC1(C)CN(C(=O)[C@H]2CC(=O)N(c3cccc(C#N)c3)C2)c2cc(Cl)c(Cn3ccnc3)cc21. The molecule has 1 atom stereocenters. The number of amides is 2. The third kappa shape index (κ3) is 3.84. The largest absolute Gasteiger partial charge is 0.333 e. The van der Waals surface area contributed by atoms with Gasteiger partial charge in [-0.3, -0.25) is 9.59 Å². The summed E-state index contributed by atoms with van der Waals surface area (Å²) in [5, 5.41) is 9.78. The van der Waals surface area contributed by atoms with Crippen LogP contribution in [0, 0.1) is 17.2 Å². The van der Waals surface area contributed by atoms with E-state index in [1.54, 1.807) is 46.6 Å². The summed E-state index contributed by atoms with van der Waals surface area (Å²) in [7, 11) is 0. The second-order valence-corrected chi connectivity index (χ2v) is 9.98. The molecule has 8 heteroatoms. The molecule has 0 N–H and O–H groups in total. The minimum atomic E-state index is -0.454. The topological polar surface area (TPSA) is 82.2 Å². The van der Waals surface area contributed by atoms with Crippen LogP contribution in [-0.2, 0) is 21.5 Å². The molecule has 0 bridgehead atoms. The molecule has 0 radical (unpaired) electrons. The first-order valence-electron chi connectivity index (χ1n) is 11.2. The molecule has 34 heavy (non-hydrogen) atoms. The van der Waals surface area contributed by atoms with E-state index >= 15 is 0 Å². The molecule has 2 aliphatic heterocycles. The Bertz CT molecular complexity index is 1330. The van der Waals surface area contributed by atoms with Gasteiger partial charge in [-0.2, -0.15) is 5.26 Å². The maximum atomic E-state index is 13.6. The summed E-state index contributed by atoms with van der Waals surface area (Å²) in [6.45, 7) is 5.66. The number of hydrogen-bond donors (Lipinski definition) is 0. The Kier molecular flexibility index (Phi) is 5.41. The molecule has 1 saturated heterocycles. The van der Waals surface area contributed by atoms with Gasteiger partial charge in [-0.05, 0) is 41.5 Å². The van der Waals surface area contributed by atoms with Crippen molar-refractivity contribution < 1.29 is 9.59 Å². The zero-order chi connectivity index (χ0) is 24.0. The van der Waals surface area contributed by atoms with E-state index in [1.165, 1.54) is 0 Å². The summed E-state index contributed by atoms with van der Waals surface area (Å²) < 4.78 is 1.96. The Balaban J connectivity index is 1.41. The highest BCUT2D eigenvalue weighted by Gasteiger charge is 2.44. The van der Waals surface area contributed by atoms with Crippen LogP contribution in [-0.4, -0.2) is 34.5 Å². The smallest absolute Gasteiger partial charge is 0.232 e. The number of imidazole rings is 1. The van der Waals surface area contributed by atoms with Crippen molar-refractivity contribution in [2.45, 2.75) is 32.2 Å². The quantitative estimate of drug-likeness (QED) is 0.570. The van der Waals surface area contributed by atoms with Gasteiger partial charge < -0.3 is 14.4 Å². The maximum Gasteiger partial charge on any atom is 0.232 e. The monoisotopic (exact) mass is 473 g/mol. The van der Waals surface area contributed by atoms with Gasteiger partial charge in [-0.15, -0.1) is 0 Å². The minimum Gasteiger partial charge on any atom is -0.333 e. The van der Waals surface area contributed by atoms with Crippen molar-refractivity contribution in [3.8, 4) is 6.07 Å². The Morgan fingerprint density at radius 2 is 2.12 bits per heavy atom. The fraction of sp³-hybridized carbons (Fsp3) is 0.308. The molecule has 1 aromatic heterocycles. The first kappa shape index (κ1) is 22.2. The molecule has 3 aromatic rings. The van der Waals surface area contributed by atoms with Crippen LogP contribution >= 0.6 is 11.6 Å². The highest BCUT2D eigenvalue weighted by atomic mass is 35.5. The molecule has 2 aromatic carbocycles. The van der Waals surface area contributed by atoms with Crippen LogP contribution < -0.4 is 9.80 Å². The number of halogens is 1. The summed E-state index contributed by atoms with van der Waals surface area (Å²) in [6, 6.07) is 13.0. The molecule has 5 rings (SSSR count). The predicted octanol–water partition coefficient (Wildman–Crippen LogP) is 4.13. The lowest BCUT2D eigenvalue weighted by molar-refractivity contribution is -0.124. The third-order valence-electron chi connectivity index (χ3n) is 6.68. The molecule has 0 spiro atoms. The lowest BCUT2D eigenvalue weighted by Gasteiger charge is -2.24. The molecule has 7 nitrogen and oxygen atoms in total. The third-order valence-corrected chi connectivity index (χ3v) is 7.03. The van der Waals surface area contributed by atoms with Crippen LogP contribution in [0.5, 0.6) is 0 Å². The molecule has 3 heterocycles. The zero-order valence-corrected chi connectivity index (χ0v) is 19.8. The lowest BCUT2D eigenvalue weighted by atomic mass is 9.86. The van der Waals surface area contributed by atoms with E-state index in [0.29, 0.717) is 35.9 Å². The van der Waals surface area contributed by atoms with E-state index in [1.807, 2.05) is 16.8 Å². The van der Waals surface area contributed by atoms with E-state index in [4.69, 9.17) is 11.6 Å². The van der Waals surface area contributed by atoms with Crippen LogP contribution in [0.25, 0.3) is 0 Å². The fourth-order valence-electron chi connectivity index (χ4n) is 4.92. The summed E-state index contributed by atoms with van der Waals surface area (Å²) in [5.41, 5.74) is 3.74. The van der Waals surface area contributed by atoms with Gasteiger partial charge in [-0.1, -0.05) is 31.5 Å². The van der Waals surface area contributed by atoms with Crippen molar-refractivity contribution in [3.05, 3.63) is 76.8 Å². The number of anilines is 2. The number of fused-ring (bicyclic) bond motifs is 1. The second-order valence-electron chi connectivity index (χ2n) is 9.57. The molecule has 0 aliphatic carbocycles. The maximum absolute atomic E-state index is 13.6. The van der Waals surface area contributed by atoms with E-state index in [0.717, 1.165) is 16.8 Å². The van der Waals surface area contributed by atoms with E-state index < -0.39 is 5.92 Å². The first-order chi connectivity index (χ1) is 16.3. The average molecular weight is 474 g/mol. The number of aromatic nitrogens is 2. The number of carbonyl (C=O) groups excluding carboxylic acids is 2. The van der Waals surface area contributed by atoms with Crippen molar-refractivity contribution in [2.75, 3.05) is 22.9 Å². The second kappa shape index (κ2) is 8.30. The van der Waals surface area contributed by atoms with Gasteiger partial charge in [0.1, 0.15) is 0 Å². The van der Waals surface area contributed by atoms with Gasteiger partial charge in [0.15, 0.2) is 0 Å². The number of hydrogen-bond acceptors (Lipinski definition) is 4. The van der Waals surface area contributed by atoms with Gasteiger partial charge in [0, 0.05) is 60.3 Å². The van der Waals surface area contributed by atoms with Crippen LogP contribution in [0.1, 0.15) is 37.0 Å². The standard InChI is InChI=1S/C26H24ClN5O2/c1-26(2)15-32(23-11-22(27)18(9-21(23)26)13-30-7-6-29-16-30)25(34)19-10-24(33)31(14-19)20-5-3-4-17(8-20)12-28/h3-9,11,16,19H,10,13-15H2,1-2H3/t19-/m0/s1. The highest BCUT2D eigenvalue weighted by molar-refractivity contribution is 6.31. The summed E-state index contributed by atoms with van der Waals surface area (Å²) in [4.78, 5) is 33.9. The van der Waals surface area contributed by atoms with Gasteiger partial charge in [0.25, 0.3) is 0 Å². The van der Waals surface area contributed by atoms with Crippen molar-refractivity contribution in [2.24, 2.45) is 5.92 Å². The van der Waals surface area contributed by atoms with E-state index in [2.05, 4.69) is 31.0 Å². The number of benzene rings is 2. The summed E-state index contributed by atoms with van der Waals surface area (Å²) in [6.07, 6.45) is 5.52. The van der Waals surface area contributed by atoms with Crippen molar-refractivity contribution >= 4 is 34.8 Å². The van der Waals surface area contributed by atoms with Gasteiger partial charge in [-0.25, -0.2) is 4.98 Å². The minimum absolute atomic E-state index is 0.0717. The van der Waals surface area contributed by atoms with E-state index in [9.17, 15) is 14.9 Å². The number of carbonyl (C=O) groups is 2. The number of nitriles is 1. The molecule has 2 aliphatic rings. The Morgan fingerprint density at radius 3 is 2.85 bits per heavy atom. The molecule has 2 amide bonds. The molecule has 0 saturated carbocycles. The number of nitrogens with zero attached hydrogens (tertiary/aromatic N) is 5. The van der Waals surface area contributed by atoms with Crippen LogP contribution in [0.2, 0.25) is 5.02 Å². The average Bonchev–Trinajstić information content (AvgIpc) is 3.53. The van der Waals surface area contributed by atoms with Crippen molar-refractivity contribution in [1.29, 1.82) is 5.26 Å². The molecule has 0 unspecified atom stereocenters. The van der Waals surface area contributed by atoms with Crippen LogP contribution in [0.3, 0.4) is 0 Å². The summed E-state index contributed by atoms with van der Waals surface area (Å²) in [5.74, 6) is -0.636. The zero-order valence-electron chi connectivity index (χ0n) is 19.0. The molecular formula is C26H24ClN5O2. The fourth-order valence-corrected chi connectivity index (χ4v) is 5.14. The Morgan fingerprint density at radius 1 is 1.29 bits per heavy atom. The molecule has 1 fully saturated rings. The van der Waals surface area contributed by atoms with Gasteiger partial charge in [0.05, 0.1) is 23.9 Å². The lowest BCUT2D eigenvalue weighted by Crippen LogP contribution is -2.39.